The van der Waals surface area contributed by atoms with Gasteiger partial charge in [-0.05, 0) is 56.2 Å². The summed E-state index contributed by atoms with van der Waals surface area (Å²) in [6.45, 7) is 6.96. The minimum Gasteiger partial charge on any atom is -0.362 e. The number of imidazole rings is 1. The first-order valence-electron chi connectivity index (χ1n) is 11.5. The molecule has 0 atom stereocenters. The molecule has 0 radical (unpaired) electrons. The third kappa shape index (κ3) is 6.00. The van der Waals surface area contributed by atoms with Crippen molar-refractivity contribution in [3.05, 3.63) is 93.2 Å². The molecule has 4 aromatic rings. The lowest BCUT2D eigenvalue weighted by Gasteiger charge is -2.17. The highest BCUT2D eigenvalue weighted by molar-refractivity contribution is 6.39. The first-order chi connectivity index (χ1) is 17.6. The van der Waals surface area contributed by atoms with E-state index in [0.717, 1.165) is 22.6 Å². The van der Waals surface area contributed by atoms with E-state index in [2.05, 4.69) is 60.2 Å². The van der Waals surface area contributed by atoms with Crippen molar-refractivity contribution in [2.45, 2.75) is 26.3 Å². The summed E-state index contributed by atoms with van der Waals surface area (Å²) in [6.07, 6.45) is 1.93. The van der Waals surface area contributed by atoms with Crippen molar-refractivity contribution in [2.75, 3.05) is 13.7 Å². The van der Waals surface area contributed by atoms with E-state index in [0.29, 0.717) is 38.7 Å². The lowest BCUT2D eigenvalue weighted by Crippen LogP contribution is -2.39. The lowest BCUT2D eigenvalue weighted by molar-refractivity contribution is -0.214. The Morgan fingerprint density at radius 2 is 1.59 bits per heavy atom. The number of aryl methyl sites for hydroxylation is 1. The molecule has 0 fully saturated rings. The summed E-state index contributed by atoms with van der Waals surface area (Å²) in [6, 6.07) is 19.8. The van der Waals surface area contributed by atoms with E-state index in [-0.39, 0.29) is 5.54 Å². The number of aromatic nitrogens is 2. The topological polar surface area (TPSA) is 71.7 Å². The fraction of sp³-hybridized carbons (Fsp3) is 0.214. The summed E-state index contributed by atoms with van der Waals surface area (Å²) in [5.74, 6) is 1.34. The molecule has 0 bridgehead atoms. The van der Waals surface area contributed by atoms with Crippen molar-refractivity contribution < 1.29 is 10.1 Å². The summed E-state index contributed by atoms with van der Waals surface area (Å²) in [7, 11) is 1.18. The zero-order valence-corrected chi connectivity index (χ0v) is 23.2. The molecule has 37 heavy (non-hydrogen) atoms. The third-order valence-corrected chi connectivity index (χ3v) is 6.72. The zero-order valence-electron chi connectivity index (χ0n) is 20.9. The van der Waals surface area contributed by atoms with Crippen LogP contribution in [-0.2, 0) is 4.89 Å². The number of nitrogens with one attached hydrogen (secondary N) is 1. The molecule has 6 nitrogen and oxygen atoms in total. The second-order valence-corrected chi connectivity index (χ2v) is 10.5. The zero-order chi connectivity index (χ0) is 26.7. The molecule has 2 heterocycles. The number of benzene rings is 3. The van der Waals surface area contributed by atoms with Crippen LogP contribution >= 0.6 is 34.8 Å². The fourth-order valence-corrected chi connectivity index (χ4v) is 4.93. The van der Waals surface area contributed by atoms with Gasteiger partial charge in [0.1, 0.15) is 17.4 Å². The van der Waals surface area contributed by atoms with E-state index in [1.165, 1.54) is 12.7 Å². The highest BCUT2D eigenvalue weighted by Crippen LogP contribution is 2.37. The minimum absolute atomic E-state index is 0.131. The molecule has 1 aliphatic heterocycles. The molecule has 3 aromatic carbocycles. The molecule has 0 saturated carbocycles. The van der Waals surface area contributed by atoms with Crippen LogP contribution in [0.5, 0.6) is 0 Å². The van der Waals surface area contributed by atoms with Crippen molar-refractivity contribution in [3.8, 4) is 28.2 Å². The number of rotatable bonds is 4. The SMILES string of the molecule is COO.Cc1cccc(-c2ccc(-n3cc(C4=NCC(C)(C)N4)nc3-c3c(Cl)cccc3Cl)c(Cl)c2)c1. The summed E-state index contributed by atoms with van der Waals surface area (Å²) in [5, 5.41) is 12.1. The predicted molar refractivity (Wildman–Crippen MR) is 152 cm³/mol. The maximum atomic E-state index is 7.07. The van der Waals surface area contributed by atoms with Crippen LogP contribution in [0.2, 0.25) is 15.1 Å². The summed E-state index contributed by atoms with van der Waals surface area (Å²) in [4.78, 5) is 12.8. The quantitative estimate of drug-likeness (QED) is 0.199. The van der Waals surface area contributed by atoms with Gasteiger partial charge in [0.2, 0.25) is 0 Å². The Morgan fingerprint density at radius 3 is 2.19 bits per heavy atom. The molecular formula is C28H27Cl3N4O2. The second kappa shape index (κ2) is 11.3. The maximum absolute atomic E-state index is 7.07. The van der Waals surface area contributed by atoms with E-state index in [9.17, 15) is 0 Å². The Bertz CT molecular complexity index is 1440. The van der Waals surface area contributed by atoms with E-state index in [4.69, 9.17) is 45.0 Å². The van der Waals surface area contributed by atoms with Crippen LogP contribution in [0.15, 0.2) is 71.9 Å². The molecule has 0 aliphatic carbocycles. The number of hydrogen-bond donors (Lipinski definition) is 2. The maximum Gasteiger partial charge on any atom is 0.149 e. The van der Waals surface area contributed by atoms with Gasteiger partial charge in [0, 0.05) is 6.20 Å². The number of amidine groups is 1. The molecule has 0 unspecified atom stereocenters. The van der Waals surface area contributed by atoms with Gasteiger partial charge in [0.15, 0.2) is 0 Å². The number of aliphatic imine (C=N–C) groups is 1. The Kier molecular flexibility index (Phi) is 8.26. The summed E-state index contributed by atoms with van der Waals surface area (Å²) >= 11 is 20.0. The van der Waals surface area contributed by atoms with Crippen LogP contribution in [0.1, 0.15) is 25.1 Å². The van der Waals surface area contributed by atoms with Crippen molar-refractivity contribution in [1.29, 1.82) is 0 Å². The minimum atomic E-state index is -0.131. The molecule has 1 aromatic heterocycles. The van der Waals surface area contributed by atoms with Gasteiger partial charge in [-0.3, -0.25) is 14.8 Å². The molecule has 5 rings (SSSR count). The van der Waals surface area contributed by atoms with E-state index in [1.54, 1.807) is 12.1 Å². The normalized spacial score (nSPS) is 14.0. The van der Waals surface area contributed by atoms with Gasteiger partial charge in [-0.15, -0.1) is 0 Å². The molecule has 0 spiro atoms. The van der Waals surface area contributed by atoms with E-state index < -0.39 is 0 Å². The molecular weight excluding hydrogens is 531 g/mol. The number of hydrogen-bond acceptors (Lipinski definition) is 5. The van der Waals surface area contributed by atoms with Crippen molar-refractivity contribution in [3.63, 3.8) is 0 Å². The average molecular weight is 558 g/mol. The predicted octanol–water partition coefficient (Wildman–Crippen LogP) is 7.71. The third-order valence-electron chi connectivity index (χ3n) is 5.78. The van der Waals surface area contributed by atoms with Crippen molar-refractivity contribution in [2.24, 2.45) is 4.99 Å². The Morgan fingerprint density at radius 1 is 0.946 bits per heavy atom. The lowest BCUT2D eigenvalue weighted by atomic mass is 10.0. The number of nitrogens with zero attached hydrogens (tertiary/aromatic N) is 3. The Labute approximate surface area is 231 Å². The second-order valence-electron chi connectivity index (χ2n) is 9.31. The van der Waals surface area contributed by atoms with Crippen LogP contribution in [0.4, 0.5) is 0 Å². The molecule has 2 N–H and O–H groups in total. The molecule has 0 amide bonds. The Hall–Kier alpha value is -2.87. The van der Waals surface area contributed by atoms with Crippen LogP contribution in [-0.4, -0.2) is 39.8 Å². The van der Waals surface area contributed by atoms with Gasteiger partial charge in [0.25, 0.3) is 0 Å². The van der Waals surface area contributed by atoms with Crippen LogP contribution < -0.4 is 5.32 Å². The van der Waals surface area contributed by atoms with Gasteiger partial charge < -0.3 is 5.32 Å². The monoisotopic (exact) mass is 556 g/mol. The first kappa shape index (κ1) is 27.2. The fourth-order valence-electron chi connectivity index (χ4n) is 4.09. The van der Waals surface area contributed by atoms with Gasteiger partial charge in [-0.25, -0.2) is 9.87 Å². The largest absolute Gasteiger partial charge is 0.362 e. The number of halogens is 3. The smallest absolute Gasteiger partial charge is 0.149 e. The van der Waals surface area contributed by atoms with Crippen LogP contribution in [0.25, 0.3) is 28.2 Å². The molecule has 1 aliphatic rings. The van der Waals surface area contributed by atoms with Crippen LogP contribution in [0.3, 0.4) is 0 Å². The Balaban J connectivity index is 0.00000102. The highest BCUT2D eigenvalue weighted by atomic mass is 35.5. The van der Waals surface area contributed by atoms with Gasteiger partial charge in [-0.2, -0.15) is 0 Å². The van der Waals surface area contributed by atoms with Crippen molar-refractivity contribution >= 4 is 40.6 Å². The highest BCUT2D eigenvalue weighted by Gasteiger charge is 2.28. The summed E-state index contributed by atoms with van der Waals surface area (Å²) in [5.41, 5.74) is 5.35. The van der Waals surface area contributed by atoms with Gasteiger partial charge in [0.05, 0.1) is 45.5 Å². The molecule has 192 valence electrons. The molecule has 9 heteroatoms. The standard InChI is InChI=1S/C27H23Cl3N4.CH4O2/c1-16-6-4-7-17(12-16)18-10-11-23(21(30)13-18)34-14-22(25-31-15-27(2,3)33-25)32-26(34)24-19(28)8-5-9-20(24)29;1-3-2/h4-14H,15H2,1-3H3,(H,31,33);2H,1H3. The van der Waals surface area contributed by atoms with Crippen molar-refractivity contribution in [1.82, 2.24) is 14.9 Å². The first-order valence-corrected chi connectivity index (χ1v) is 12.7. The van der Waals surface area contributed by atoms with Gasteiger partial charge >= 0.3 is 0 Å². The molecule has 0 saturated heterocycles. The van der Waals surface area contributed by atoms with E-state index in [1.807, 2.05) is 35.0 Å². The average Bonchev–Trinajstić information content (AvgIpc) is 3.43. The summed E-state index contributed by atoms with van der Waals surface area (Å²) < 4.78 is 1.93. The van der Waals surface area contributed by atoms with Crippen LogP contribution in [0, 0.1) is 6.92 Å². The van der Waals surface area contributed by atoms with Gasteiger partial charge in [-0.1, -0.05) is 76.8 Å². The van der Waals surface area contributed by atoms with E-state index >= 15 is 0 Å².